The lowest BCUT2D eigenvalue weighted by atomic mass is 9.84. The maximum Gasteiger partial charge on any atom is 0.225 e. The molecule has 1 aliphatic heterocycles. The highest BCUT2D eigenvalue weighted by atomic mass is 35.5. The largest absolute Gasteiger partial charge is 0.474 e. The summed E-state index contributed by atoms with van der Waals surface area (Å²) in [5.74, 6) is 0.747. The zero-order chi connectivity index (χ0) is 27.4. The molecule has 2 amide bonds. The smallest absolute Gasteiger partial charge is 0.225 e. The van der Waals surface area contributed by atoms with Gasteiger partial charge in [0.25, 0.3) is 0 Å². The van der Waals surface area contributed by atoms with Crippen LogP contribution < -0.4 is 4.74 Å². The van der Waals surface area contributed by atoms with Crippen LogP contribution in [0, 0.1) is 23.2 Å². The van der Waals surface area contributed by atoms with Gasteiger partial charge in [-0.25, -0.2) is 4.98 Å². The minimum absolute atomic E-state index is 0.0250. The molecular formula is C29H34Cl2N4O3. The molecule has 0 unspecified atom stereocenters. The molecule has 2 heterocycles. The number of rotatable bonds is 7. The van der Waals surface area contributed by atoms with E-state index in [1.54, 1.807) is 30.2 Å². The first kappa shape index (κ1) is 28.2. The van der Waals surface area contributed by atoms with Crippen molar-refractivity contribution in [2.45, 2.75) is 64.0 Å². The Kier molecular flexibility index (Phi) is 9.17. The highest BCUT2D eigenvalue weighted by Crippen LogP contribution is 2.40. The molecule has 0 N–H and O–H groups in total. The maximum atomic E-state index is 13.7. The fourth-order valence-corrected chi connectivity index (χ4v) is 6.07. The SMILES string of the molecule is CC(=O)N(C)C1CCC(C(=O)N2C[C@H]([C@@H](C)Oc3ccc(CC#N)cn3)[C@@H](c3ccc(Cl)c(Cl)c3)C2)CC1. The molecule has 0 spiro atoms. The molecule has 38 heavy (non-hydrogen) atoms. The van der Waals surface area contributed by atoms with Gasteiger partial charge in [0.05, 0.1) is 22.5 Å². The highest BCUT2D eigenvalue weighted by Gasteiger charge is 2.42. The summed E-state index contributed by atoms with van der Waals surface area (Å²) in [4.78, 5) is 33.6. The molecule has 2 aromatic rings. The molecule has 1 aromatic carbocycles. The molecule has 2 aliphatic rings. The van der Waals surface area contributed by atoms with Crippen molar-refractivity contribution in [2.75, 3.05) is 20.1 Å². The number of aromatic nitrogens is 1. The molecule has 1 aliphatic carbocycles. The van der Waals surface area contributed by atoms with E-state index in [1.807, 2.05) is 37.1 Å². The summed E-state index contributed by atoms with van der Waals surface area (Å²) in [7, 11) is 1.84. The second-order valence-corrected chi connectivity index (χ2v) is 11.3. The van der Waals surface area contributed by atoms with Crippen molar-refractivity contribution in [1.82, 2.24) is 14.8 Å². The molecule has 3 atom stereocenters. The highest BCUT2D eigenvalue weighted by molar-refractivity contribution is 6.42. The molecule has 2 fully saturated rings. The Morgan fingerprint density at radius 3 is 2.50 bits per heavy atom. The first-order valence-corrected chi connectivity index (χ1v) is 13.9. The first-order chi connectivity index (χ1) is 18.2. The van der Waals surface area contributed by atoms with E-state index in [-0.39, 0.29) is 41.7 Å². The Morgan fingerprint density at radius 1 is 1.16 bits per heavy atom. The molecule has 7 nitrogen and oxygen atoms in total. The molecule has 1 saturated heterocycles. The van der Waals surface area contributed by atoms with Gasteiger partial charge in [0, 0.05) is 63.1 Å². The number of ether oxygens (including phenoxy) is 1. The van der Waals surface area contributed by atoms with Crippen LogP contribution >= 0.6 is 23.2 Å². The third-order valence-corrected chi connectivity index (χ3v) is 8.87. The maximum absolute atomic E-state index is 13.7. The van der Waals surface area contributed by atoms with Crippen LogP contribution in [-0.4, -0.2) is 58.9 Å². The van der Waals surface area contributed by atoms with E-state index >= 15 is 0 Å². The Balaban J connectivity index is 1.49. The van der Waals surface area contributed by atoms with Crippen molar-refractivity contribution in [3.63, 3.8) is 0 Å². The second kappa shape index (κ2) is 12.4. The standard InChI is InChI=1S/C29H34Cl2N4O3/c1-18(38-28-11-4-20(12-13-32)15-33-28)24-16-35(17-25(24)22-7-10-26(30)27(31)14-22)29(37)21-5-8-23(9-6-21)34(3)19(2)36/h4,7,10-11,14-15,18,21,23-25H,5-6,8-9,12,16-17H2,1-3H3/t18-,21?,23?,24-,25-/m1/s1. The van der Waals surface area contributed by atoms with Crippen LogP contribution in [0.2, 0.25) is 10.0 Å². The fraction of sp³-hybridized carbons (Fsp3) is 0.517. The summed E-state index contributed by atoms with van der Waals surface area (Å²) in [6, 6.07) is 11.6. The minimum Gasteiger partial charge on any atom is -0.474 e. The number of halogens is 2. The number of nitriles is 1. The first-order valence-electron chi connectivity index (χ1n) is 13.1. The number of hydrogen-bond donors (Lipinski definition) is 0. The second-order valence-electron chi connectivity index (χ2n) is 10.5. The lowest BCUT2D eigenvalue weighted by molar-refractivity contribution is -0.136. The van der Waals surface area contributed by atoms with E-state index in [1.165, 1.54) is 0 Å². The summed E-state index contributed by atoms with van der Waals surface area (Å²) >= 11 is 12.6. The summed E-state index contributed by atoms with van der Waals surface area (Å²) in [6.45, 7) is 4.75. The summed E-state index contributed by atoms with van der Waals surface area (Å²) in [5, 5.41) is 9.89. The van der Waals surface area contributed by atoms with E-state index in [0.29, 0.717) is 35.4 Å². The number of amides is 2. The van der Waals surface area contributed by atoms with E-state index in [9.17, 15) is 9.59 Å². The zero-order valence-corrected chi connectivity index (χ0v) is 23.6. The summed E-state index contributed by atoms with van der Waals surface area (Å²) < 4.78 is 6.25. The number of benzene rings is 1. The van der Waals surface area contributed by atoms with Crippen molar-refractivity contribution in [1.29, 1.82) is 5.26 Å². The van der Waals surface area contributed by atoms with Gasteiger partial charge in [-0.05, 0) is 55.9 Å². The predicted molar refractivity (Wildman–Crippen MR) is 147 cm³/mol. The Hall–Kier alpha value is -2.82. The van der Waals surface area contributed by atoms with Crippen molar-refractivity contribution in [3.8, 4) is 11.9 Å². The lowest BCUT2D eigenvalue weighted by Gasteiger charge is -2.35. The monoisotopic (exact) mass is 556 g/mol. The van der Waals surface area contributed by atoms with Gasteiger partial charge in [-0.15, -0.1) is 0 Å². The number of carbonyl (C=O) groups excluding carboxylic acids is 2. The number of hydrogen-bond acceptors (Lipinski definition) is 5. The Morgan fingerprint density at radius 2 is 1.89 bits per heavy atom. The number of likely N-dealkylation sites (tertiary alicyclic amines) is 1. The van der Waals surface area contributed by atoms with E-state index in [2.05, 4.69) is 11.1 Å². The van der Waals surface area contributed by atoms with Crippen LogP contribution in [-0.2, 0) is 16.0 Å². The summed E-state index contributed by atoms with van der Waals surface area (Å²) in [5.41, 5.74) is 1.86. The number of pyridine rings is 1. The van der Waals surface area contributed by atoms with Gasteiger partial charge in [0.2, 0.25) is 17.7 Å². The normalized spacial score (nSPS) is 23.9. The number of nitrogens with zero attached hydrogens (tertiary/aromatic N) is 4. The van der Waals surface area contributed by atoms with Crippen LogP contribution in [0.4, 0.5) is 0 Å². The Bertz CT molecular complexity index is 1190. The molecule has 202 valence electrons. The predicted octanol–water partition coefficient (Wildman–Crippen LogP) is 5.50. The van der Waals surface area contributed by atoms with Crippen molar-refractivity contribution < 1.29 is 14.3 Å². The third kappa shape index (κ3) is 6.42. The Labute approximate surface area is 234 Å². The van der Waals surface area contributed by atoms with Gasteiger partial charge in [-0.2, -0.15) is 5.26 Å². The number of carbonyl (C=O) groups is 2. The van der Waals surface area contributed by atoms with E-state index < -0.39 is 0 Å². The van der Waals surface area contributed by atoms with Gasteiger partial charge in [-0.3, -0.25) is 9.59 Å². The third-order valence-electron chi connectivity index (χ3n) is 8.13. The topological polar surface area (TPSA) is 86.5 Å². The molecule has 4 rings (SSSR count). The van der Waals surface area contributed by atoms with Crippen LogP contribution in [0.1, 0.15) is 56.6 Å². The van der Waals surface area contributed by atoms with Crippen molar-refractivity contribution in [2.24, 2.45) is 11.8 Å². The zero-order valence-electron chi connectivity index (χ0n) is 22.1. The van der Waals surface area contributed by atoms with Crippen LogP contribution in [0.3, 0.4) is 0 Å². The van der Waals surface area contributed by atoms with E-state index in [0.717, 1.165) is 36.8 Å². The van der Waals surface area contributed by atoms with Gasteiger partial charge in [0.15, 0.2) is 0 Å². The van der Waals surface area contributed by atoms with Gasteiger partial charge >= 0.3 is 0 Å². The van der Waals surface area contributed by atoms with E-state index in [4.69, 9.17) is 33.2 Å². The van der Waals surface area contributed by atoms with Gasteiger partial charge < -0.3 is 14.5 Å². The average molecular weight is 558 g/mol. The minimum atomic E-state index is -0.221. The molecule has 0 bridgehead atoms. The molecule has 1 saturated carbocycles. The van der Waals surface area contributed by atoms with Gasteiger partial charge in [0.1, 0.15) is 6.10 Å². The molecular weight excluding hydrogens is 523 g/mol. The molecule has 0 radical (unpaired) electrons. The fourth-order valence-electron chi connectivity index (χ4n) is 5.76. The lowest BCUT2D eigenvalue weighted by Crippen LogP contribution is -2.42. The molecule has 1 aromatic heterocycles. The van der Waals surface area contributed by atoms with Crippen LogP contribution in [0.15, 0.2) is 36.5 Å². The average Bonchev–Trinajstić information content (AvgIpc) is 3.36. The molecule has 9 heteroatoms. The quantitative estimate of drug-likeness (QED) is 0.449. The summed E-state index contributed by atoms with van der Waals surface area (Å²) in [6.07, 6.45) is 4.98. The van der Waals surface area contributed by atoms with Gasteiger partial charge in [-0.1, -0.05) is 35.3 Å². The van der Waals surface area contributed by atoms with Crippen molar-refractivity contribution >= 4 is 35.0 Å². The van der Waals surface area contributed by atoms with Crippen LogP contribution in [0.25, 0.3) is 0 Å². The van der Waals surface area contributed by atoms with Crippen molar-refractivity contribution in [3.05, 3.63) is 57.7 Å². The van der Waals surface area contributed by atoms with Crippen LogP contribution in [0.5, 0.6) is 5.88 Å².